The maximum absolute atomic E-state index is 11.6. The predicted molar refractivity (Wildman–Crippen MR) is 60.5 cm³/mol. The van der Waals surface area contributed by atoms with Crippen LogP contribution >= 0.6 is 0 Å². The zero-order chi connectivity index (χ0) is 11.4. The van der Waals surface area contributed by atoms with E-state index in [9.17, 15) is 4.79 Å². The van der Waals surface area contributed by atoms with E-state index < -0.39 is 0 Å². The molecule has 1 unspecified atom stereocenters. The molecule has 1 rings (SSSR count). The van der Waals surface area contributed by atoms with Gasteiger partial charge in [-0.05, 0) is 27.9 Å². The standard InChI is InChI=1S/C12H19NO2/c1-5-15-12(14)11-8-6-7-10(11)9(2)13(3)4/h6-10H,5H2,1-4H3/t9-,10?/m1/s1. The molecule has 0 spiro atoms. The summed E-state index contributed by atoms with van der Waals surface area (Å²) in [5.41, 5.74) is 0.762. The van der Waals surface area contributed by atoms with Crippen molar-refractivity contribution in [2.24, 2.45) is 5.92 Å². The van der Waals surface area contributed by atoms with Crippen LogP contribution in [0.3, 0.4) is 0 Å². The van der Waals surface area contributed by atoms with Crippen molar-refractivity contribution in [3.05, 3.63) is 23.8 Å². The van der Waals surface area contributed by atoms with Gasteiger partial charge in [0.25, 0.3) is 0 Å². The first-order valence-electron chi connectivity index (χ1n) is 5.29. The molecule has 0 heterocycles. The van der Waals surface area contributed by atoms with Crippen LogP contribution in [-0.2, 0) is 9.53 Å². The third-order valence-electron chi connectivity index (χ3n) is 2.80. The Labute approximate surface area is 91.4 Å². The Hall–Kier alpha value is -1.09. The molecule has 2 atom stereocenters. The molecule has 0 saturated heterocycles. The van der Waals surface area contributed by atoms with E-state index in [1.807, 2.05) is 33.2 Å². The first-order chi connectivity index (χ1) is 7.07. The number of carbonyl (C=O) groups is 1. The van der Waals surface area contributed by atoms with E-state index in [-0.39, 0.29) is 11.9 Å². The zero-order valence-corrected chi connectivity index (χ0v) is 9.86. The van der Waals surface area contributed by atoms with Gasteiger partial charge in [-0.3, -0.25) is 0 Å². The van der Waals surface area contributed by atoms with Gasteiger partial charge in [-0.15, -0.1) is 0 Å². The number of hydrogen-bond donors (Lipinski definition) is 0. The van der Waals surface area contributed by atoms with Crippen molar-refractivity contribution < 1.29 is 9.53 Å². The number of esters is 1. The Morgan fingerprint density at radius 2 is 2.27 bits per heavy atom. The summed E-state index contributed by atoms with van der Waals surface area (Å²) in [6.45, 7) is 4.36. The van der Waals surface area contributed by atoms with Crippen LogP contribution in [0.15, 0.2) is 23.8 Å². The topological polar surface area (TPSA) is 29.5 Å². The first kappa shape index (κ1) is 12.0. The summed E-state index contributed by atoms with van der Waals surface area (Å²) in [5.74, 6) is -0.0414. The largest absolute Gasteiger partial charge is 0.463 e. The third-order valence-corrected chi connectivity index (χ3v) is 2.80. The van der Waals surface area contributed by atoms with Crippen molar-refractivity contribution in [2.75, 3.05) is 20.7 Å². The molecule has 0 amide bonds. The molecular weight excluding hydrogens is 190 g/mol. The molecule has 0 fully saturated rings. The minimum atomic E-state index is -0.193. The fourth-order valence-electron chi connectivity index (χ4n) is 1.65. The molecular formula is C12H19NO2. The lowest BCUT2D eigenvalue weighted by atomic mass is 9.94. The minimum Gasteiger partial charge on any atom is -0.463 e. The van der Waals surface area contributed by atoms with Crippen molar-refractivity contribution >= 4 is 5.97 Å². The molecule has 1 aliphatic rings. The van der Waals surface area contributed by atoms with E-state index >= 15 is 0 Å². The zero-order valence-electron chi connectivity index (χ0n) is 9.86. The van der Waals surface area contributed by atoms with Crippen molar-refractivity contribution in [3.8, 4) is 0 Å². The molecule has 0 bridgehead atoms. The molecule has 3 heteroatoms. The Morgan fingerprint density at radius 3 is 2.80 bits per heavy atom. The maximum atomic E-state index is 11.6. The number of nitrogens with zero attached hydrogens (tertiary/aromatic N) is 1. The van der Waals surface area contributed by atoms with Crippen LogP contribution < -0.4 is 0 Å². The van der Waals surface area contributed by atoms with Crippen LogP contribution in [0.1, 0.15) is 13.8 Å². The molecule has 0 aromatic rings. The van der Waals surface area contributed by atoms with Crippen molar-refractivity contribution in [2.45, 2.75) is 19.9 Å². The number of carbonyl (C=O) groups excluding carboxylic acids is 1. The second-order valence-corrected chi connectivity index (χ2v) is 3.96. The van der Waals surface area contributed by atoms with Gasteiger partial charge in [0.1, 0.15) is 0 Å². The number of allylic oxidation sites excluding steroid dienone is 2. The highest BCUT2D eigenvalue weighted by Gasteiger charge is 2.28. The highest BCUT2D eigenvalue weighted by atomic mass is 16.5. The summed E-state index contributed by atoms with van der Waals surface area (Å²) in [5, 5.41) is 0. The Kier molecular flexibility index (Phi) is 4.09. The number of hydrogen-bond acceptors (Lipinski definition) is 3. The van der Waals surface area contributed by atoms with Gasteiger partial charge in [-0.25, -0.2) is 4.79 Å². The van der Waals surface area contributed by atoms with E-state index in [1.54, 1.807) is 0 Å². The summed E-state index contributed by atoms with van der Waals surface area (Å²) < 4.78 is 5.02. The highest BCUT2D eigenvalue weighted by Crippen LogP contribution is 2.25. The minimum absolute atomic E-state index is 0.152. The quantitative estimate of drug-likeness (QED) is 0.659. The summed E-state index contributed by atoms with van der Waals surface area (Å²) in [4.78, 5) is 13.7. The van der Waals surface area contributed by atoms with Crippen molar-refractivity contribution in [3.63, 3.8) is 0 Å². The van der Waals surface area contributed by atoms with Crippen LogP contribution in [-0.4, -0.2) is 37.6 Å². The molecule has 1 aliphatic carbocycles. The Balaban J connectivity index is 2.71. The van der Waals surface area contributed by atoms with Gasteiger partial charge < -0.3 is 9.64 Å². The Morgan fingerprint density at radius 1 is 1.60 bits per heavy atom. The molecule has 0 aromatic heterocycles. The molecule has 0 radical (unpaired) electrons. The molecule has 0 N–H and O–H groups in total. The predicted octanol–water partition coefficient (Wildman–Crippen LogP) is 1.61. The summed E-state index contributed by atoms with van der Waals surface area (Å²) in [6.07, 6.45) is 5.83. The lowest BCUT2D eigenvalue weighted by Crippen LogP contribution is -2.33. The maximum Gasteiger partial charge on any atom is 0.334 e. The average Bonchev–Trinajstić information content (AvgIpc) is 2.65. The average molecular weight is 209 g/mol. The van der Waals surface area contributed by atoms with Gasteiger partial charge in [0.05, 0.1) is 6.61 Å². The van der Waals surface area contributed by atoms with E-state index in [2.05, 4.69) is 17.9 Å². The SMILES string of the molecule is CCOC(=O)C1=CC=CC1[C@@H](C)N(C)C. The first-order valence-corrected chi connectivity index (χ1v) is 5.29. The van der Waals surface area contributed by atoms with Crippen LogP contribution in [0, 0.1) is 5.92 Å². The van der Waals surface area contributed by atoms with Crippen LogP contribution in [0.2, 0.25) is 0 Å². The molecule has 0 aromatic carbocycles. The summed E-state index contributed by atoms with van der Waals surface area (Å²) in [6, 6.07) is 0.305. The Bertz CT molecular complexity index is 292. The molecule has 0 saturated carbocycles. The third kappa shape index (κ3) is 2.69. The van der Waals surface area contributed by atoms with Gasteiger partial charge in [-0.1, -0.05) is 18.2 Å². The van der Waals surface area contributed by atoms with E-state index in [1.165, 1.54) is 0 Å². The van der Waals surface area contributed by atoms with Gasteiger partial charge in [0, 0.05) is 17.5 Å². The van der Waals surface area contributed by atoms with Crippen LogP contribution in [0.5, 0.6) is 0 Å². The fraction of sp³-hybridized carbons (Fsp3) is 0.583. The highest BCUT2D eigenvalue weighted by molar-refractivity contribution is 5.90. The van der Waals surface area contributed by atoms with Gasteiger partial charge >= 0.3 is 5.97 Å². The summed E-state index contributed by atoms with van der Waals surface area (Å²) >= 11 is 0. The fourth-order valence-corrected chi connectivity index (χ4v) is 1.65. The van der Waals surface area contributed by atoms with Crippen LogP contribution in [0.4, 0.5) is 0 Å². The van der Waals surface area contributed by atoms with Crippen molar-refractivity contribution in [1.29, 1.82) is 0 Å². The second-order valence-electron chi connectivity index (χ2n) is 3.96. The molecule has 3 nitrogen and oxygen atoms in total. The van der Waals surface area contributed by atoms with E-state index in [0.29, 0.717) is 12.6 Å². The monoisotopic (exact) mass is 209 g/mol. The van der Waals surface area contributed by atoms with E-state index in [4.69, 9.17) is 4.74 Å². The second kappa shape index (κ2) is 5.12. The molecule has 0 aliphatic heterocycles. The number of rotatable bonds is 4. The van der Waals surface area contributed by atoms with E-state index in [0.717, 1.165) is 5.57 Å². The van der Waals surface area contributed by atoms with Crippen molar-refractivity contribution in [1.82, 2.24) is 4.90 Å². The van der Waals surface area contributed by atoms with Gasteiger partial charge in [0.2, 0.25) is 0 Å². The van der Waals surface area contributed by atoms with Crippen LogP contribution in [0.25, 0.3) is 0 Å². The smallest absolute Gasteiger partial charge is 0.334 e. The van der Waals surface area contributed by atoms with Gasteiger partial charge in [0.15, 0.2) is 0 Å². The molecule has 84 valence electrons. The molecule has 15 heavy (non-hydrogen) atoms. The van der Waals surface area contributed by atoms with Gasteiger partial charge in [-0.2, -0.15) is 0 Å². The lowest BCUT2D eigenvalue weighted by Gasteiger charge is -2.26. The normalized spacial score (nSPS) is 21.7. The number of ether oxygens (including phenoxy) is 1. The summed E-state index contributed by atoms with van der Waals surface area (Å²) in [7, 11) is 4.03. The lowest BCUT2D eigenvalue weighted by molar-refractivity contribution is -0.139.